The molecule has 4 rings (SSSR count). The van der Waals surface area contributed by atoms with Crippen molar-refractivity contribution in [1.82, 2.24) is 14.7 Å². The summed E-state index contributed by atoms with van der Waals surface area (Å²) in [5.41, 5.74) is 5.70. The molecule has 0 radical (unpaired) electrons. The first-order valence-electron chi connectivity index (χ1n) is 9.56. The third kappa shape index (κ3) is 4.16. The number of carbonyl (C=O) groups is 1. The van der Waals surface area contributed by atoms with E-state index in [-0.39, 0.29) is 10.4 Å². The van der Waals surface area contributed by atoms with E-state index in [9.17, 15) is 17.6 Å². The highest BCUT2D eigenvalue weighted by Crippen LogP contribution is 2.27. The third-order valence-electron chi connectivity index (χ3n) is 5.03. The van der Waals surface area contributed by atoms with Crippen LogP contribution in [0.4, 0.5) is 9.52 Å². The quantitative estimate of drug-likeness (QED) is 0.582. The van der Waals surface area contributed by atoms with E-state index in [1.165, 1.54) is 46.0 Å². The Bertz CT molecular complexity index is 1180. The average Bonchev–Trinajstić information content (AvgIpc) is 3.17. The van der Waals surface area contributed by atoms with Gasteiger partial charge in [-0.15, -0.1) is 0 Å². The van der Waals surface area contributed by atoms with Gasteiger partial charge in [-0.25, -0.2) is 17.8 Å². The summed E-state index contributed by atoms with van der Waals surface area (Å²) in [7, 11) is -3.57. The Kier molecular flexibility index (Phi) is 5.72. The number of aromatic nitrogens is 1. The number of carbonyl (C=O) groups excluding carboxylic acids is 1. The van der Waals surface area contributed by atoms with Crippen LogP contribution >= 0.6 is 11.3 Å². The number of fused-ring (bicyclic) bond motifs is 1. The van der Waals surface area contributed by atoms with Crippen LogP contribution in [0, 0.1) is 11.7 Å². The predicted octanol–water partition coefficient (Wildman–Crippen LogP) is 3.61. The monoisotopic (exact) mass is 448 g/mol. The number of thiazole rings is 1. The van der Waals surface area contributed by atoms with Gasteiger partial charge < -0.3 is 0 Å². The summed E-state index contributed by atoms with van der Waals surface area (Å²) >= 11 is 1.21. The van der Waals surface area contributed by atoms with Crippen molar-refractivity contribution in [2.75, 3.05) is 18.5 Å². The van der Waals surface area contributed by atoms with Crippen LogP contribution in [0.3, 0.4) is 0 Å². The predicted molar refractivity (Wildman–Crippen MR) is 114 cm³/mol. The van der Waals surface area contributed by atoms with Crippen molar-refractivity contribution in [2.45, 2.75) is 24.7 Å². The minimum atomic E-state index is -3.57. The summed E-state index contributed by atoms with van der Waals surface area (Å²) in [4.78, 5) is 16.7. The Balaban J connectivity index is 1.43. The largest absolute Gasteiger partial charge is 0.273 e. The molecule has 7 nitrogen and oxygen atoms in total. The lowest BCUT2D eigenvalue weighted by molar-refractivity contribution is 0.0962. The lowest BCUT2D eigenvalue weighted by Gasteiger charge is -2.30. The lowest BCUT2D eigenvalue weighted by Crippen LogP contribution is -2.39. The number of halogens is 1. The fourth-order valence-corrected chi connectivity index (χ4v) is 5.87. The fraction of sp³-hybridized carbons (Fsp3) is 0.300. The number of piperidine rings is 1. The van der Waals surface area contributed by atoms with Gasteiger partial charge in [-0.2, -0.15) is 4.31 Å². The molecule has 0 bridgehead atoms. The van der Waals surface area contributed by atoms with E-state index >= 15 is 0 Å². The van der Waals surface area contributed by atoms with Crippen LogP contribution in [0.1, 0.15) is 30.1 Å². The summed E-state index contributed by atoms with van der Waals surface area (Å²) < 4.78 is 41.5. The molecule has 0 spiro atoms. The Morgan fingerprint density at radius 2 is 2.00 bits per heavy atom. The van der Waals surface area contributed by atoms with E-state index in [2.05, 4.69) is 15.8 Å². The van der Waals surface area contributed by atoms with Gasteiger partial charge in [0.1, 0.15) is 11.3 Å². The van der Waals surface area contributed by atoms with Crippen LogP contribution in [0.2, 0.25) is 0 Å². The lowest BCUT2D eigenvalue weighted by atomic mass is 10.0. The van der Waals surface area contributed by atoms with Crippen molar-refractivity contribution in [3.63, 3.8) is 0 Å². The minimum Gasteiger partial charge on any atom is -0.273 e. The Morgan fingerprint density at radius 1 is 1.23 bits per heavy atom. The maximum Gasteiger partial charge on any atom is 0.269 e. The van der Waals surface area contributed by atoms with Crippen LogP contribution in [-0.4, -0.2) is 36.7 Å². The number of hydrogen-bond donors (Lipinski definition) is 2. The van der Waals surface area contributed by atoms with Crippen LogP contribution < -0.4 is 10.9 Å². The van der Waals surface area contributed by atoms with Crippen molar-refractivity contribution in [3.05, 3.63) is 53.8 Å². The topological polar surface area (TPSA) is 91.4 Å². The van der Waals surface area contributed by atoms with Gasteiger partial charge in [-0.05, 0) is 55.2 Å². The highest BCUT2D eigenvalue weighted by molar-refractivity contribution is 7.89. The number of hydrogen-bond acceptors (Lipinski definition) is 6. The van der Waals surface area contributed by atoms with Crippen LogP contribution in [0.15, 0.2) is 47.4 Å². The van der Waals surface area contributed by atoms with Gasteiger partial charge in [0.15, 0.2) is 0 Å². The number of rotatable bonds is 5. The van der Waals surface area contributed by atoms with E-state index in [1.807, 2.05) is 6.92 Å². The van der Waals surface area contributed by atoms with E-state index in [0.29, 0.717) is 34.4 Å². The number of hydrazine groups is 1. The van der Waals surface area contributed by atoms with E-state index in [1.54, 1.807) is 12.1 Å². The first-order valence-corrected chi connectivity index (χ1v) is 11.8. The van der Waals surface area contributed by atoms with E-state index in [4.69, 9.17) is 0 Å². The molecule has 1 saturated heterocycles. The molecular formula is C20H21FN4O3S2. The van der Waals surface area contributed by atoms with Gasteiger partial charge in [-0.3, -0.25) is 15.6 Å². The number of anilines is 1. The first-order chi connectivity index (χ1) is 14.3. The van der Waals surface area contributed by atoms with Crippen molar-refractivity contribution in [3.8, 4) is 0 Å². The van der Waals surface area contributed by atoms with Gasteiger partial charge in [0, 0.05) is 18.7 Å². The summed E-state index contributed by atoms with van der Waals surface area (Å²) in [6, 6.07) is 10.5. The molecule has 1 amide bonds. The van der Waals surface area contributed by atoms with Crippen molar-refractivity contribution in [1.29, 1.82) is 0 Å². The maximum absolute atomic E-state index is 13.7. The van der Waals surface area contributed by atoms with E-state index < -0.39 is 21.7 Å². The van der Waals surface area contributed by atoms with Crippen molar-refractivity contribution in [2.24, 2.45) is 5.92 Å². The van der Waals surface area contributed by atoms with Gasteiger partial charge in [-0.1, -0.05) is 24.3 Å². The standard InChI is InChI=1S/C20H21FN4O3S2/c1-13-4-3-11-25(12-13)30(27,28)15-9-7-14(8-10-15)19(26)23-24-20-22-18-16(21)5-2-6-17(18)29-20/h2,5-10,13H,3-4,11-12H2,1H3,(H,22,24)(H,23,26)/t13-/m0/s1. The molecule has 10 heteroatoms. The van der Waals surface area contributed by atoms with Crippen molar-refractivity contribution >= 4 is 42.6 Å². The molecule has 1 fully saturated rings. The second-order valence-corrected chi connectivity index (χ2v) is 10.3. The number of nitrogens with one attached hydrogen (secondary N) is 2. The third-order valence-corrected chi connectivity index (χ3v) is 7.84. The Labute approximate surface area is 177 Å². The zero-order valence-corrected chi connectivity index (χ0v) is 17.9. The van der Waals surface area contributed by atoms with Crippen LogP contribution in [-0.2, 0) is 10.0 Å². The van der Waals surface area contributed by atoms with Crippen molar-refractivity contribution < 1.29 is 17.6 Å². The van der Waals surface area contributed by atoms with Gasteiger partial charge in [0.2, 0.25) is 15.2 Å². The number of nitrogens with zero attached hydrogens (tertiary/aromatic N) is 2. The summed E-state index contributed by atoms with van der Waals surface area (Å²) in [5.74, 6) is -0.547. The number of amides is 1. The molecule has 1 aliphatic rings. The molecule has 0 aliphatic carbocycles. The second-order valence-electron chi connectivity index (χ2n) is 7.32. The Morgan fingerprint density at radius 3 is 2.70 bits per heavy atom. The van der Waals surface area contributed by atoms with Gasteiger partial charge >= 0.3 is 0 Å². The highest BCUT2D eigenvalue weighted by Gasteiger charge is 2.28. The molecular weight excluding hydrogens is 427 g/mol. The molecule has 0 unspecified atom stereocenters. The molecule has 3 aromatic rings. The summed E-state index contributed by atoms with van der Waals surface area (Å²) in [6.07, 6.45) is 1.88. The maximum atomic E-state index is 13.7. The molecule has 158 valence electrons. The normalized spacial score (nSPS) is 17.7. The highest BCUT2D eigenvalue weighted by atomic mass is 32.2. The fourth-order valence-electron chi connectivity index (χ4n) is 3.44. The molecule has 1 aliphatic heterocycles. The zero-order chi connectivity index (χ0) is 21.3. The minimum absolute atomic E-state index is 0.169. The molecule has 2 aromatic carbocycles. The number of benzene rings is 2. The summed E-state index contributed by atoms with van der Waals surface area (Å²) in [5, 5.41) is 0.349. The van der Waals surface area contributed by atoms with Crippen LogP contribution in [0.5, 0.6) is 0 Å². The van der Waals surface area contributed by atoms with Crippen LogP contribution in [0.25, 0.3) is 10.2 Å². The zero-order valence-electron chi connectivity index (χ0n) is 16.3. The van der Waals surface area contributed by atoms with E-state index in [0.717, 1.165) is 12.8 Å². The summed E-state index contributed by atoms with van der Waals surface area (Å²) in [6.45, 7) is 3.07. The van der Waals surface area contributed by atoms with Gasteiger partial charge in [0.25, 0.3) is 5.91 Å². The number of sulfonamides is 1. The molecule has 0 saturated carbocycles. The average molecular weight is 449 g/mol. The molecule has 1 atom stereocenters. The first kappa shape index (κ1) is 20.7. The molecule has 1 aromatic heterocycles. The molecule has 30 heavy (non-hydrogen) atoms. The Hall–Kier alpha value is -2.56. The molecule has 2 N–H and O–H groups in total. The van der Waals surface area contributed by atoms with Gasteiger partial charge in [0.05, 0.1) is 9.60 Å². The SMILES string of the molecule is C[C@H]1CCCN(S(=O)(=O)c2ccc(C(=O)NNc3nc4c(F)cccc4s3)cc2)C1. The number of para-hydroxylation sites is 1. The molecule has 2 heterocycles. The smallest absolute Gasteiger partial charge is 0.269 e. The second kappa shape index (κ2) is 8.29.